The number of hydrogen-bond acceptors (Lipinski definition) is 3. The van der Waals surface area contributed by atoms with E-state index in [1.165, 1.54) is 22.3 Å². The Kier molecular flexibility index (Phi) is 5.54. The molecule has 6 rings (SSSR count). The summed E-state index contributed by atoms with van der Waals surface area (Å²) in [6, 6.07) is 20.2. The molecule has 3 aromatic carbocycles. The fourth-order valence-corrected chi connectivity index (χ4v) is 6.46. The van der Waals surface area contributed by atoms with Crippen molar-refractivity contribution in [3.8, 4) is 0 Å². The number of amides is 1. The second-order valence-electron chi connectivity index (χ2n) is 8.64. The maximum atomic E-state index is 14.4. The van der Waals surface area contributed by atoms with E-state index in [9.17, 15) is 17.6 Å². The largest absolute Gasteiger partial charge is 0.352 e. The Morgan fingerprint density at radius 3 is 2.18 bits per heavy atom. The zero-order valence-corrected chi connectivity index (χ0v) is 19.0. The molecule has 5 nitrogen and oxygen atoms in total. The minimum Gasteiger partial charge on any atom is -0.352 e. The Morgan fingerprint density at radius 1 is 0.970 bits per heavy atom. The highest BCUT2D eigenvalue weighted by atomic mass is 32.2. The van der Waals surface area contributed by atoms with Crippen molar-refractivity contribution in [3.05, 3.63) is 100 Å². The molecule has 3 aromatic rings. The van der Waals surface area contributed by atoms with E-state index in [-0.39, 0.29) is 34.8 Å². The van der Waals surface area contributed by atoms with Crippen LogP contribution in [0.1, 0.15) is 57.8 Å². The summed E-state index contributed by atoms with van der Waals surface area (Å²) in [6.45, 7) is 2.24. The fourth-order valence-electron chi connectivity index (χ4n) is 5.40. The Balaban J connectivity index is 1.40. The van der Waals surface area contributed by atoms with Crippen molar-refractivity contribution in [2.24, 2.45) is 5.92 Å². The number of rotatable bonds is 6. The molecule has 1 unspecified atom stereocenters. The van der Waals surface area contributed by atoms with Gasteiger partial charge < -0.3 is 5.32 Å². The first kappa shape index (κ1) is 21.8. The van der Waals surface area contributed by atoms with Crippen LogP contribution in [0.4, 0.5) is 4.39 Å². The van der Waals surface area contributed by atoms with Gasteiger partial charge in [-0.25, -0.2) is 17.5 Å². The van der Waals surface area contributed by atoms with Crippen LogP contribution in [-0.2, 0) is 10.0 Å². The van der Waals surface area contributed by atoms with Gasteiger partial charge in [0.05, 0.1) is 10.5 Å². The van der Waals surface area contributed by atoms with Crippen molar-refractivity contribution in [1.82, 2.24) is 10.0 Å². The number of nitrogens with one attached hydrogen (secondary N) is 2. The predicted octanol–water partition coefficient (Wildman–Crippen LogP) is 4.15. The van der Waals surface area contributed by atoms with E-state index in [1.807, 2.05) is 12.1 Å². The molecule has 3 aliphatic rings. The highest BCUT2D eigenvalue weighted by molar-refractivity contribution is 7.89. The van der Waals surface area contributed by atoms with Crippen LogP contribution in [0.15, 0.2) is 71.6 Å². The lowest BCUT2D eigenvalue weighted by molar-refractivity contribution is 0.0938. The second-order valence-corrected chi connectivity index (χ2v) is 10.4. The molecule has 2 bridgehead atoms. The standard InChI is InChI=1S/C26H25FN2O3S/c1-2-29-33(31,32)17-11-12-24(27)23(14-17)26(30)28-15-16-13-22-18-7-3-5-9-20(18)25(16)21-10-6-4-8-19(21)22/h3-12,14,16,22,25,29H,2,13,15H2,1H3,(H,28,30). The number of fused-ring (bicyclic) bond motifs is 1. The maximum Gasteiger partial charge on any atom is 0.254 e. The van der Waals surface area contributed by atoms with Gasteiger partial charge in [0.25, 0.3) is 5.91 Å². The van der Waals surface area contributed by atoms with E-state index in [1.54, 1.807) is 6.92 Å². The van der Waals surface area contributed by atoms with Gasteiger partial charge in [-0.3, -0.25) is 4.79 Å². The number of sulfonamides is 1. The molecule has 170 valence electrons. The lowest BCUT2D eigenvalue weighted by Crippen LogP contribution is -2.39. The van der Waals surface area contributed by atoms with Crippen LogP contribution in [0, 0.1) is 11.7 Å². The van der Waals surface area contributed by atoms with Gasteiger partial charge in [-0.1, -0.05) is 55.5 Å². The second kappa shape index (κ2) is 8.39. The molecule has 1 amide bonds. The van der Waals surface area contributed by atoms with Gasteiger partial charge in [-0.15, -0.1) is 0 Å². The van der Waals surface area contributed by atoms with Crippen molar-refractivity contribution >= 4 is 15.9 Å². The van der Waals surface area contributed by atoms with Crippen molar-refractivity contribution < 1.29 is 17.6 Å². The normalized spacial score (nSPS) is 20.7. The van der Waals surface area contributed by atoms with Crippen LogP contribution in [0.3, 0.4) is 0 Å². The highest BCUT2D eigenvalue weighted by Gasteiger charge is 2.42. The Hall–Kier alpha value is -3.03. The van der Waals surface area contributed by atoms with E-state index in [0.29, 0.717) is 6.54 Å². The summed E-state index contributed by atoms with van der Waals surface area (Å²) in [5.41, 5.74) is 5.00. The fraction of sp³-hybridized carbons (Fsp3) is 0.269. The molecule has 33 heavy (non-hydrogen) atoms. The maximum absolute atomic E-state index is 14.4. The molecule has 0 aromatic heterocycles. The van der Waals surface area contributed by atoms with Crippen LogP contribution < -0.4 is 10.0 Å². The van der Waals surface area contributed by atoms with Crippen LogP contribution in [-0.4, -0.2) is 27.4 Å². The summed E-state index contributed by atoms with van der Waals surface area (Å²) in [7, 11) is -3.79. The van der Waals surface area contributed by atoms with Gasteiger partial charge in [0.15, 0.2) is 0 Å². The molecule has 1 atom stereocenters. The third kappa shape index (κ3) is 3.75. The molecule has 0 aliphatic heterocycles. The lowest BCUT2D eigenvalue weighted by Gasteiger charge is -2.45. The van der Waals surface area contributed by atoms with Gasteiger partial charge in [-0.2, -0.15) is 0 Å². The molecule has 7 heteroatoms. The Morgan fingerprint density at radius 2 is 1.58 bits per heavy atom. The minimum absolute atomic E-state index is 0.129. The summed E-state index contributed by atoms with van der Waals surface area (Å²) in [5, 5.41) is 2.87. The molecule has 0 spiro atoms. The Labute approximate surface area is 193 Å². The first-order chi connectivity index (χ1) is 15.9. The van der Waals surface area contributed by atoms with Crippen molar-refractivity contribution in [2.75, 3.05) is 13.1 Å². The van der Waals surface area contributed by atoms with Crippen LogP contribution in [0.25, 0.3) is 0 Å². The monoisotopic (exact) mass is 464 g/mol. The van der Waals surface area contributed by atoms with Crippen LogP contribution in [0.2, 0.25) is 0 Å². The summed E-state index contributed by atoms with van der Waals surface area (Å²) in [5.74, 6) is -0.754. The Bertz CT molecular complexity index is 1290. The quantitative estimate of drug-likeness (QED) is 0.576. The lowest BCUT2D eigenvalue weighted by atomic mass is 9.59. The molecular formula is C26H25FN2O3S. The zero-order chi connectivity index (χ0) is 23.2. The summed E-state index contributed by atoms with van der Waals surface area (Å²) in [6.07, 6.45) is 0.899. The van der Waals surface area contributed by atoms with Gasteiger partial charge in [-0.05, 0) is 52.8 Å². The van der Waals surface area contributed by atoms with E-state index in [2.05, 4.69) is 46.4 Å². The van der Waals surface area contributed by atoms with Crippen molar-refractivity contribution in [3.63, 3.8) is 0 Å². The zero-order valence-electron chi connectivity index (χ0n) is 18.2. The number of carbonyl (C=O) groups excluding carboxylic acids is 1. The number of halogens is 1. The third-order valence-corrected chi connectivity index (χ3v) is 8.32. The molecule has 0 saturated heterocycles. The molecule has 3 aliphatic carbocycles. The first-order valence-electron chi connectivity index (χ1n) is 11.2. The van der Waals surface area contributed by atoms with Gasteiger partial charge in [0.2, 0.25) is 10.0 Å². The molecule has 2 N–H and O–H groups in total. The number of hydrogen-bond donors (Lipinski definition) is 2. The van der Waals surface area contributed by atoms with Gasteiger partial charge in [0, 0.05) is 24.9 Å². The van der Waals surface area contributed by atoms with Crippen LogP contribution >= 0.6 is 0 Å². The molecule has 0 radical (unpaired) electrons. The third-order valence-electron chi connectivity index (χ3n) is 6.77. The van der Waals surface area contributed by atoms with Gasteiger partial charge in [0.1, 0.15) is 5.82 Å². The van der Waals surface area contributed by atoms with E-state index < -0.39 is 21.7 Å². The predicted molar refractivity (Wildman–Crippen MR) is 124 cm³/mol. The molecular weight excluding hydrogens is 439 g/mol. The van der Waals surface area contributed by atoms with Crippen LogP contribution in [0.5, 0.6) is 0 Å². The SMILES string of the molecule is CCNS(=O)(=O)c1ccc(F)c(C(=O)NCC2CC3c4ccccc4C2c2ccccc23)c1. The van der Waals surface area contributed by atoms with E-state index in [4.69, 9.17) is 0 Å². The number of carbonyl (C=O) groups is 1. The van der Waals surface area contributed by atoms with Gasteiger partial charge >= 0.3 is 0 Å². The van der Waals surface area contributed by atoms with E-state index >= 15 is 0 Å². The average molecular weight is 465 g/mol. The van der Waals surface area contributed by atoms with Crippen molar-refractivity contribution in [1.29, 1.82) is 0 Å². The summed E-state index contributed by atoms with van der Waals surface area (Å²) in [4.78, 5) is 12.7. The summed E-state index contributed by atoms with van der Waals surface area (Å²) >= 11 is 0. The summed E-state index contributed by atoms with van der Waals surface area (Å²) < 4.78 is 41.3. The van der Waals surface area contributed by atoms with E-state index in [0.717, 1.165) is 24.6 Å². The molecule has 0 fully saturated rings. The molecule has 0 saturated carbocycles. The minimum atomic E-state index is -3.79. The van der Waals surface area contributed by atoms with Crippen molar-refractivity contribution in [2.45, 2.75) is 30.1 Å². The smallest absolute Gasteiger partial charge is 0.254 e. The number of benzene rings is 3. The topological polar surface area (TPSA) is 75.3 Å². The first-order valence-corrected chi connectivity index (χ1v) is 12.6. The average Bonchev–Trinajstić information content (AvgIpc) is 2.83. The molecule has 0 heterocycles. The highest BCUT2D eigenvalue weighted by Crippen LogP contribution is 2.55.